The number of aromatic nitrogens is 3. The molecule has 0 aromatic carbocycles. The van der Waals surface area contributed by atoms with Gasteiger partial charge in [0.25, 0.3) is 0 Å². The number of hydrogen-bond acceptors (Lipinski definition) is 7. The maximum absolute atomic E-state index is 5.44. The monoisotopic (exact) mass is 338 g/mol. The molecule has 7 heteroatoms. The number of rotatable bonds is 7. The molecule has 0 bridgehead atoms. The van der Waals surface area contributed by atoms with Crippen LogP contribution in [0.25, 0.3) is 0 Å². The topological polar surface area (TPSA) is 59.9 Å². The van der Waals surface area contributed by atoms with Crippen LogP contribution in [0.15, 0.2) is 10.5 Å². The number of methoxy groups -OCH3 is 1. The Kier molecular flexibility index (Phi) is 6.02. The van der Waals surface area contributed by atoms with Gasteiger partial charge in [-0.1, -0.05) is 36.9 Å². The molecular weight excluding hydrogens is 316 g/mol. The van der Waals surface area contributed by atoms with Crippen LogP contribution in [0.2, 0.25) is 0 Å². The van der Waals surface area contributed by atoms with Crippen molar-refractivity contribution in [3.63, 3.8) is 0 Å². The fourth-order valence-corrected chi connectivity index (χ4v) is 3.76. The Labute approximate surface area is 139 Å². The Balaban J connectivity index is 1.99. The number of nitrogens with one attached hydrogen (secondary N) is 1. The van der Waals surface area contributed by atoms with Gasteiger partial charge < -0.3 is 10.1 Å². The van der Waals surface area contributed by atoms with Crippen molar-refractivity contribution in [3.8, 4) is 5.75 Å². The summed E-state index contributed by atoms with van der Waals surface area (Å²) in [6.45, 7) is 9.30. The van der Waals surface area contributed by atoms with E-state index < -0.39 is 0 Å². The molecule has 5 nitrogen and oxygen atoms in total. The fourth-order valence-electron chi connectivity index (χ4n) is 1.98. The molecule has 0 unspecified atom stereocenters. The highest BCUT2D eigenvalue weighted by atomic mass is 32.2. The smallest absolute Gasteiger partial charge is 0.206 e. The summed E-state index contributed by atoms with van der Waals surface area (Å²) in [5.41, 5.74) is 3.18. The van der Waals surface area contributed by atoms with Gasteiger partial charge in [-0.15, -0.1) is 10.2 Å². The quantitative estimate of drug-likeness (QED) is 0.772. The molecule has 120 valence electrons. The molecule has 2 rings (SSSR count). The van der Waals surface area contributed by atoms with Crippen LogP contribution in [-0.4, -0.2) is 28.8 Å². The van der Waals surface area contributed by atoms with E-state index in [1.807, 2.05) is 20.0 Å². The highest BCUT2D eigenvalue weighted by molar-refractivity contribution is 8.00. The van der Waals surface area contributed by atoms with Gasteiger partial charge in [0.15, 0.2) is 4.34 Å². The Morgan fingerprint density at radius 3 is 2.77 bits per heavy atom. The molecule has 1 N–H and O–H groups in total. The van der Waals surface area contributed by atoms with Crippen molar-refractivity contribution in [2.24, 2.45) is 5.92 Å². The average molecular weight is 339 g/mol. The summed E-state index contributed by atoms with van der Waals surface area (Å²) in [5.74, 6) is 2.27. The standard InChI is InChI=1S/C15H22N4OS2/c1-9(2)6-17-14-18-19-15(22-14)21-8-12-11(4)13(20-5)10(3)7-16-12/h7,9H,6,8H2,1-5H3,(H,17,18). The van der Waals surface area contributed by atoms with Crippen molar-refractivity contribution in [1.29, 1.82) is 0 Å². The van der Waals surface area contributed by atoms with Gasteiger partial charge in [-0.3, -0.25) is 4.98 Å². The van der Waals surface area contributed by atoms with Crippen LogP contribution >= 0.6 is 23.1 Å². The number of hydrogen-bond donors (Lipinski definition) is 1. The van der Waals surface area contributed by atoms with E-state index in [1.54, 1.807) is 30.2 Å². The second-order valence-corrected chi connectivity index (χ2v) is 7.68. The minimum atomic E-state index is 0.590. The number of aryl methyl sites for hydroxylation is 1. The molecule has 0 saturated heterocycles. The summed E-state index contributed by atoms with van der Waals surface area (Å²) < 4.78 is 6.39. The molecule has 2 aromatic rings. The van der Waals surface area contributed by atoms with E-state index in [1.165, 1.54) is 0 Å². The maximum Gasteiger partial charge on any atom is 0.206 e. The second-order valence-electron chi connectivity index (χ2n) is 5.48. The van der Waals surface area contributed by atoms with E-state index in [0.29, 0.717) is 5.92 Å². The molecule has 22 heavy (non-hydrogen) atoms. The Morgan fingerprint density at radius 1 is 1.32 bits per heavy atom. The van der Waals surface area contributed by atoms with Gasteiger partial charge in [-0.2, -0.15) is 0 Å². The first-order valence-electron chi connectivity index (χ1n) is 7.20. The normalized spacial score (nSPS) is 11.0. The van der Waals surface area contributed by atoms with Crippen LogP contribution < -0.4 is 10.1 Å². The molecule has 0 fully saturated rings. The van der Waals surface area contributed by atoms with E-state index in [4.69, 9.17) is 4.74 Å². The van der Waals surface area contributed by atoms with Crippen molar-refractivity contribution in [2.45, 2.75) is 37.8 Å². The van der Waals surface area contributed by atoms with Crippen molar-refractivity contribution in [1.82, 2.24) is 15.2 Å². The minimum Gasteiger partial charge on any atom is -0.496 e. The van der Waals surface area contributed by atoms with Gasteiger partial charge in [0, 0.05) is 29.6 Å². The number of ether oxygens (including phenoxy) is 1. The summed E-state index contributed by atoms with van der Waals surface area (Å²) in [6.07, 6.45) is 1.86. The lowest BCUT2D eigenvalue weighted by Crippen LogP contribution is -2.07. The largest absolute Gasteiger partial charge is 0.496 e. The predicted molar refractivity (Wildman–Crippen MR) is 93.1 cm³/mol. The molecule has 0 saturated carbocycles. The third kappa shape index (κ3) is 4.33. The van der Waals surface area contributed by atoms with Gasteiger partial charge in [0.1, 0.15) is 5.75 Å². The lowest BCUT2D eigenvalue weighted by Gasteiger charge is -2.11. The van der Waals surface area contributed by atoms with Gasteiger partial charge in [-0.25, -0.2) is 0 Å². The molecule has 0 aliphatic rings. The van der Waals surface area contributed by atoms with Gasteiger partial charge in [0.2, 0.25) is 5.13 Å². The second kappa shape index (κ2) is 7.78. The number of nitrogens with zero attached hydrogens (tertiary/aromatic N) is 3. The third-order valence-corrected chi connectivity index (χ3v) is 5.18. The summed E-state index contributed by atoms with van der Waals surface area (Å²) in [6, 6.07) is 0. The zero-order valence-corrected chi connectivity index (χ0v) is 15.3. The lowest BCUT2D eigenvalue weighted by molar-refractivity contribution is 0.407. The zero-order chi connectivity index (χ0) is 16.1. The predicted octanol–water partition coefficient (Wildman–Crippen LogP) is 3.92. The van der Waals surface area contributed by atoms with E-state index in [9.17, 15) is 0 Å². The molecule has 0 aliphatic heterocycles. The summed E-state index contributed by atoms with van der Waals surface area (Å²) in [5, 5.41) is 12.5. The molecule has 0 amide bonds. The van der Waals surface area contributed by atoms with Gasteiger partial charge in [0.05, 0.1) is 12.8 Å². The maximum atomic E-state index is 5.44. The number of thioether (sulfide) groups is 1. The Morgan fingerprint density at radius 2 is 2.09 bits per heavy atom. The third-order valence-electron chi connectivity index (χ3n) is 3.15. The first kappa shape index (κ1) is 17.0. The minimum absolute atomic E-state index is 0.590. The molecule has 0 spiro atoms. The van der Waals surface area contributed by atoms with E-state index in [2.05, 4.69) is 34.3 Å². The zero-order valence-electron chi connectivity index (χ0n) is 13.6. The van der Waals surface area contributed by atoms with E-state index >= 15 is 0 Å². The van der Waals surface area contributed by atoms with Crippen LogP contribution in [0.3, 0.4) is 0 Å². The summed E-state index contributed by atoms with van der Waals surface area (Å²) >= 11 is 3.24. The number of pyridine rings is 1. The van der Waals surface area contributed by atoms with Crippen molar-refractivity contribution < 1.29 is 4.74 Å². The van der Waals surface area contributed by atoms with Gasteiger partial charge in [-0.05, 0) is 19.8 Å². The van der Waals surface area contributed by atoms with Crippen molar-refractivity contribution >= 4 is 28.2 Å². The molecule has 0 aliphatic carbocycles. The van der Waals surface area contributed by atoms with E-state index in [-0.39, 0.29) is 0 Å². The first-order chi connectivity index (χ1) is 10.5. The molecule has 0 atom stereocenters. The number of anilines is 1. The highest BCUT2D eigenvalue weighted by Gasteiger charge is 2.11. The molecular formula is C15H22N4OS2. The molecule has 0 radical (unpaired) electrons. The van der Waals surface area contributed by atoms with E-state index in [0.717, 1.165) is 44.3 Å². The highest BCUT2D eigenvalue weighted by Crippen LogP contribution is 2.31. The summed E-state index contributed by atoms with van der Waals surface area (Å²) in [4.78, 5) is 4.51. The van der Waals surface area contributed by atoms with Gasteiger partial charge >= 0.3 is 0 Å². The molecule has 2 aromatic heterocycles. The van der Waals surface area contributed by atoms with Crippen LogP contribution in [0, 0.1) is 19.8 Å². The summed E-state index contributed by atoms with van der Waals surface area (Å²) in [7, 11) is 1.70. The Bertz CT molecular complexity index is 628. The first-order valence-corrected chi connectivity index (χ1v) is 9.00. The fraction of sp³-hybridized carbons (Fsp3) is 0.533. The SMILES string of the molecule is COc1c(C)cnc(CSc2nnc(NCC(C)C)s2)c1C. The van der Waals surface area contributed by atoms with Crippen molar-refractivity contribution in [3.05, 3.63) is 23.0 Å². The lowest BCUT2D eigenvalue weighted by atomic mass is 10.1. The van der Waals surface area contributed by atoms with Crippen LogP contribution in [0.1, 0.15) is 30.7 Å². The van der Waals surface area contributed by atoms with Crippen LogP contribution in [0.4, 0.5) is 5.13 Å². The molecule has 2 heterocycles. The van der Waals surface area contributed by atoms with Crippen molar-refractivity contribution in [2.75, 3.05) is 19.0 Å². The Hall–Kier alpha value is -1.34. The average Bonchev–Trinajstić information content (AvgIpc) is 2.93. The van der Waals surface area contributed by atoms with Crippen LogP contribution in [-0.2, 0) is 5.75 Å². The van der Waals surface area contributed by atoms with Crippen LogP contribution in [0.5, 0.6) is 5.75 Å².